The van der Waals surface area contributed by atoms with Gasteiger partial charge in [-0.1, -0.05) is 103 Å². The first kappa shape index (κ1) is 52.6. The van der Waals surface area contributed by atoms with Gasteiger partial charge in [0.25, 0.3) is 5.91 Å². The third-order valence-electron chi connectivity index (χ3n) is 8.06. The summed E-state index contributed by atoms with van der Waals surface area (Å²) in [6, 6.07) is 25.1. The molecular formula is C40H39Br2Cl4IN6O7. The molecular weight excluding hydrogens is 1100 g/mol. The van der Waals surface area contributed by atoms with E-state index in [4.69, 9.17) is 52.1 Å². The molecule has 2 amide bonds. The van der Waals surface area contributed by atoms with Crippen LogP contribution < -0.4 is 21.3 Å². The van der Waals surface area contributed by atoms with E-state index in [1.54, 1.807) is 50.2 Å². The van der Waals surface area contributed by atoms with E-state index < -0.39 is 23.0 Å². The van der Waals surface area contributed by atoms with Crippen molar-refractivity contribution in [3.8, 4) is 0 Å². The van der Waals surface area contributed by atoms with Gasteiger partial charge in [-0.25, -0.2) is 14.7 Å². The van der Waals surface area contributed by atoms with Crippen molar-refractivity contribution in [1.29, 1.82) is 0 Å². The Hall–Kier alpha value is -3.58. The summed E-state index contributed by atoms with van der Waals surface area (Å²) < 4.78 is 10.7. The molecule has 20 heteroatoms. The zero-order valence-corrected chi connectivity index (χ0v) is 40.9. The van der Waals surface area contributed by atoms with Crippen LogP contribution in [-0.2, 0) is 46.3 Å². The molecule has 60 heavy (non-hydrogen) atoms. The minimum absolute atomic E-state index is 0. The Morgan fingerprint density at radius 3 is 1.78 bits per heavy atom. The normalized spacial score (nSPS) is 15.6. The summed E-state index contributed by atoms with van der Waals surface area (Å²) >= 11 is 30.9. The molecule has 0 aromatic heterocycles. The van der Waals surface area contributed by atoms with E-state index in [1.807, 2.05) is 48.5 Å². The number of rotatable bonds is 11. The second-order valence-electron chi connectivity index (χ2n) is 13.1. The fourth-order valence-electron chi connectivity index (χ4n) is 5.22. The van der Waals surface area contributed by atoms with Crippen molar-refractivity contribution in [3.05, 3.63) is 125 Å². The van der Waals surface area contributed by atoms with E-state index in [2.05, 4.69) is 62.0 Å². The molecule has 4 N–H and O–H groups in total. The number of esters is 2. The average molecular weight is 1140 g/mol. The standard InChI is InChI=1S/C20H18BrCl2N3O3.C16H15BrCl2N2O.C4H5NO3.HI/c1-20(10-12-3-5-13(21)6-4-12)18(28)26(16-8-14(22)7-15(23)9-16)19(25-20)24-11-17(27)29-2;1-16(20,9-10-2-4-11(17)5-3-10)15(22)21-14-7-12(18)6-13(19)8-14;1-8-4(7)2-5-3-6;/h3-9H,10-11H2,1-2H3,(H,24,25);2-8H,9,20H2,1H3,(H,21,22);2H2,1H3;1H/t20-;16-;;/m11../s1. The van der Waals surface area contributed by atoms with Crippen LogP contribution in [0.3, 0.4) is 0 Å². The number of hydrogen-bond donors (Lipinski definition) is 3. The molecule has 0 unspecified atom stereocenters. The lowest BCUT2D eigenvalue weighted by atomic mass is 9.93. The smallest absolute Gasteiger partial charge is 0.328 e. The van der Waals surface area contributed by atoms with Crippen LogP contribution in [-0.4, -0.2) is 74.2 Å². The molecule has 1 aliphatic heterocycles. The second-order valence-corrected chi connectivity index (χ2v) is 16.6. The number of ether oxygens (including phenoxy) is 2. The fraction of sp³-hybridized carbons (Fsp3) is 0.250. The summed E-state index contributed by atoms with van der Waals surface area (Å²) in [5.41, 5.74) is 7.07. The molecule has 4 aromatic rings. The minimum atomic E-state index is -1.05. The van der Waals surface area contributed by atoms with Crippen molar-refractivity contribution in [2.24, 2.45) is 15.7 Å². The third kappa shape index (κ3) is 16.7. The Morgan fingerprint density at radius 1 is 0.833 bits per heavy atom. The molecule has 4 aromatic carbocycles. The van der Waals surface area contributed by atoms with Crippen LogP contribution in [0.2, 0.25) is 20.1 Å². The summed E-state index contributed by atoms with van der Waals surface area (Å²) in [4.78, 5) is 65.4. The lowest BCUT2D eigenvalue weighted by Crippen LogP contribution is -2.50. The second kappa shape index (κ2) is 24.8. The molecule has 2 atom stereocenters. The van der Waals surface area contributed by atoms with Crippen molar-refractivity contribution in [3.63, 3.8) is 0 Å². The lowest BCUT2D eigenvalue weighted by Gasteiger charge is -2.24. The number of methoxy groups -OCH3 is 2. The maximum absolute atomic E-state index is 13.4. The summed E-state index contributed by atoms with van der Waals surface area (Å²) in [6.07, 6.45) is 2.04. The quantitative estimate of drug-likeness (QED) is 0.0572. The Kier molecular flexibility index (Phi) is 21.7. The summed E-state index contributed by atoms with van der Waals surface area (Å²) in [7, 11) is 2.50. The molecule has 1 saturated heterocycles. The maximum atomic E-state index is 13.4. The largest absolute Gasteiger partial charge is 0.468 e. The van der Waals surface area contributed by atoms with Crippen LogP contribution in [0.15, 0.2) is 104 Å². The van der Waals surface area contributed by atoms with Crippen LogP contribution in [0, 0.1) is 0 Å². The minimum Gasteiger partial charge on any atom is -0.468 e. The molecule has 1 fully saturated rings. The van der Waals surface area contributed by atoms with Gasteiger partial charge in [-0.3, -0.25) is 19.2 Å². The fourth-order valence-corrected chi connectivity index (χ4v) is 6.79. The number of halogens is 7. The van der Waals surface area contributed by atoms with Crippen molar-refractivity contribution in [1.82, 2.24) is 5.32 Å². The third-order valence-corrected chi connectivity index (χ3v) is 9.99. The van der Waals surface area contributed by atoms with Gasteiger partial charge in [0.05, 0.1) is 25.4 Å². The number of guanidine groups is 1. The molecule has 1 heterocycles. The molecule has 320 valence electrons. The van der Waals surface area contributed by atoms with Gasteiger partial charge >= 0.3 is 11.9 Å². The highest BCUT2D eigenvalue weighted by Gasteiger charge is 2.47. The van der Waals surface area contributed by atoms with Crippen molar-refractivity contribution in [2.45, 2.75) is 37.8 Å². The van der Waals surface area contributed by atoms with Gasteiger partial charge in [-0.15, -0.1) is 24.0 Å². The molecule has 5 rings (SSSR count). The van der Waals surface area contributed by atoms with Gasteiger partial charge in [-0.2, -0.15) is 4.99 Å². The molecule has 0 spiro atoms. The van der Waals surface area contributed by atoms with Crippen LogP contribution in [0.25, 0.3) is 0 Å². The number of carbonyl (C=O) groups excluding carboxylic acids is 5. The van der Waals surface area contributed by atoms with E-state index in [-0.39, 0.29) is 54.8 Å². The zero-order valence-electron chi connectivity index (χ0n) is 32.4. The van der Waals surface area contributed by atoms with E-state index >= 15 is 0 Å². The van der Waals surface area contributed by atoms with E-state index in [1.165, 1.54) is 25.2 Å². The topological polar surface area (TPSA) is 182 Å². The number of aliphatic imine (C=N–C) groups is 2. The average Bonchev–Trinajstić information content (AvgIpc) is 3.42. The predicted molar refractivity (Wildman–Crippen MR) is 254 cm³/mol. The number of benzene rings is 4. The van der Waals surface area contributed by atoms with Crippen LogP contribution >= 0.6 is 102 Å². The molecule has 0 aliphatic carbocycles. The SMILES string of the molecule is COC(=O)CN=C1N[C@](C)(Cc2ccc(Br)cc2)C(=O)N1c1cc(Cl)cc(Cl)c1.COC(=O)CN=C=O.C[C@@](N)(Cc1ccc(Br)cc1)C(=O)Nc1cc(Cl)cc(Cl)c1.I. The van der Waals surface area contributed by atoms with E-state index in [0.717, 1.165) is 20.1 Å². The molecule has 0 saturated carbocycles. The molecule has 13 nitrogen and oxygen atoms in total. The maximum Gasteiger partial charge on any atom is 0.328 e. The van der Waals surface area contributed by atoms with Gasteiger partial charge in [-0.05, 0) is 92.1 Å². The highest BCUT2D eigenvalue weighted by atomic mass is 127. The summed E-state index contributed by atoms with van der Waals surface area (Å²) in [5, 5.41) is 7.59. The van der Waals surface area contributed by atoms with Gasteiger partial charge in [0.2, 0.25) is 17.9 Å². The van der Waals surface area contributed by atoms with Gasteiger partial charge < -0.3 is 25.8 Å². The number of nitrogens with one attached hydrogen (secondary N) is 2. The van der Waals surface area contributed by atoms with Gasteiger partial charge in [0.15, 0.2) is 0 Å². The number of nitrogens with two attached hydrogens (primary N) is 1. The number of anilines is 2. The Labute approximate surface area is 401 Å². The van der Waals surface area contributed by atoms with Crippen LogP contribution in [0.4, 0.5) is 11.4 Å². The molecule has 1 aliphatic rings. The lowest BCUT2D eigenvalue weighted by molar-refractivity contribution is -0.139. The first-order valence-electron chi connectivity index (χ1n) is 17.1. The van der Waals surface area contributed by atoms with E-state index in [0.29, 0.717) is 44.3 Å². The zero-order chi connectivity index (χ0) is 43.9. The number of amides is 2. The van der Waals surface area contributed by atoms with Gasteiger partial charge in [0, 0.05) is 41.1 Å². The first-order chi connectivity index (χ1) is 27.8. The van der Waals surface area contributed by atoms with Crippen LogP contribution in [0.1, 0.15) is 25.0 Å². The monoisotopic (exact) mass is 1140 g/mol. The number of hydrogen-bond acceptors (Lipinski definition) is 10. The Bertz CT molecular complexity index is 2190. The van der Waals surface area contributed by atoms with Crippen LogP contribution in [0.5, 0.6) is 0 Å². The van der Waals surface area contributed by atoms with Crippen molar-refractivity contribution in [2.75, 3.05) is 37.5 Å². The number of nitrogens with zero attached hydrogens (tertiary/aromatic N) is 3. The Balaban J connectivity index is 0.000000354. The summed E-state index contributed by atoms with van der Waals surface area (Å²) in [5.74, 6) is -1.35. The molecule has 0 bridgehead atoms. The van der Waals surface area contributed by atoms with Gasteiger partial charge in [0.1, 0.15) is 18.6 Å². The highest BCUT2D eigenvalue weighted by Crippen LogP contribution is 2.32. The molecule has 0 radical (unpaired) electrons. The highest BCUT2D eigenvalue weighted by molar-refractivity contribution is 14.0. The number of isocyanates is 1. The van der Waals surface area contributed by atoms with E-state index in [9.17, 15) is 24.0 Å². The Morgan fingerprint density at radius 2 is 1.30 bits per heavy atom. The first-order valence-corrected chi connectivity index (χ1v) is 20.2. The summed E-state index contributed by atoms with van der Waals surface area (Å²) in [6.45, 7) is 3.01. The van der Waals surface area contributed by atoms with Crippen molar-refractivity contribution >= 4 is 149 Å². The predicted octanol–water partition coefficient (Wildman–Crippen LogP) is 8.99. The number of carbonyl (C=O) groups is 4. The van der Waals surface area contributed by atoms with Crippen molar-refractivity contribution < 1.29 is 33.4 Å².